The average Bonchev–Trinajstić information content (AvgIpc) is 2.91. The molecule has 3 aromatic rings. The number of hydrogen-bond donors (Lipinski definition) is 1. The highest BCUT2D eigenvalue weighted by molar-refractivity contribution is 7.92. The first-order chi connectivity index (χ1) is 19.3. The zero-order valence-corrected chi connectivity index (χ0v) is 25.5. The fourth-order valence-corrected chi connectivity index (χ4v) is 5.99. The first kappa shape index (κ1) is 31.8. The second-order valence-corrected chi connectivity index (χ2v) is 12.7. The molecule has 3 rings (SSSR count). The molecule has 0 bridgehead atoms. The van der Waals surface area contributed by atoms with Gasteiger partial charge in [-0.1, -0.05) is 56.7 Å². The van der Waals surface area contributed by atoms with Crippen LogP contribution < -0.4 is 9.62 Å². The van der Waals surface area contributed by atoms with Crippen LogP contribution in [0.5, 0.6) is 0 Å². The number of anilines is 1. The Balaban J connectivity index is 2.07. The highest BCUT2D eigenvalue weighted by Gasteiger charge is 2.33. The van der Waals surface area contributed by atoms with E-state index >= 15 is 0 Å². The van der Waals surface area contributed by atoms with Crippen molar-refractivity contribution in [2.24, 2.45) is 5.92 Å². The molecule has 2 amide bonds. The zero-order valence-electron chi connectivity index (χ0n) is 24.6. The van der Waals surface area contributed by atoms with E-state index in [4.69, 9.17) is 0 Å². The van der Waals surface area contributed by atoms with Gasteiger partial charge >= 0.3 is 0 Å². The fourth-order valence-electron chi connectivity index (χ4n) is 4.59. The molecule has 41 heavy (non-hydrogen) atoms. The number of carbonyl (C=O) groups excluding carboxylic acids is 2. The van der Waals surface area contributed by atoms with Crippen molar-refractivity contribution >= 4 is 27.5 Å². The molecule has 0 fully saturated rings. The Labute approximate surface area is 243 Å². The third-order valence-electron chi connectivity index (χ3n) is 6.72. The van der Waals surface area contributed by atoms with E-state index in [0.29, 0.717) is 24.2 Å². The Hall–Kier alpha value is -3.72. The summed E-state index contributed by atoms with van der Waals surface area (Å²) in [5, 5.41) is 2.90. The Bertz CT molecular complexity index is 1440. The van der Waals surface area contributed by atoms with Crippen molar-refractivity contribution in [3.63, 3.8) is 0 Å². The average molecular weight is 582 g/mol. The van der Waals surface area contributed by atoms with E-state index in [0.717, 1.165) is 21.0 Å². The van der Waals surface area contributed by atoms with Gasteiger partial charge in [-0.25, -0.2) is 12.8 Å². The van der Waals surface area contributed by atoms with Gasteiger partial charge in [0.25, 0.3) is 10.0 Å². The maximum atomic E-state index is 14.1. The molecule has 0 aliphatic heterocycles. The summed E-state index contributed by atoms with van der Waals surface area (Å²) < 4.78 is 42.8. The number of benzene rings is 3. The lowest BCUT2D eigenvalue weighted by Gasteiger charge is -2.33. The van der Waals surface area contributed by atoms with Gasteiger partial charge < -0.3 is 10.2 Å². The molecule has 0 saturated heterocycles. The summed E-state index contributed by atoms with van der Waals surface area (Å²) in [6.07, 6.45) is 0.311. The van der Waals surface area contributed by atoms with Crippen molar-refractivity contribution in [1.82, 2.24) is 10.2 Å². The highest BCUT2D eigenvalue weighted by Crippen LogP contribution is 2.27. The minimum atomic E-state index is -4.15. The molecular formula is C32H40FN3O4S. The molecule has 9 heteroatoms. The third-order valence-corrected chi connectivity index (χ3v) is 8.51. The SMILES string of the molecule is CC[C@@H](C(=O)NCC(C)C)N(Cc1ccc(F)cc1)C(=O)CN(c1cc(C)cc(C)c1)S(=O)(=O)c1ccc(C)cc1. The number of sulfonamides is 1. The van der Waals surface area contributed by atoms with E-state index in [1.165, 1.54) is 29.2 Å². The van der Waals surface area contributed by atoms with Gasteiger partial charge in [-0.15, -0.1) is 0 Å². The summed E-state index contributed by atoms with van der Waals surface area (Å²) >= 11 is 0. The minimum Gasteiger partial charge on any atom is -0.354 e. The lowest BCUT2D eigenvalue weighted by Crippen LogP contribution is -2.52. The van der Waals surface area contributed by atoms with Gasteiger partial charge in [-0.2, -0.15) is 0 Å². The number of halogens is 1. The quantitative estimate of drug-likeness (QED) is 0.305. The van der Waals surface area contributed by atoms with Crippen molar-refractivity contribution in [3.05, 3.63) is 94.8 Å². The summed E-state index contributed by atoms with van der Waals surface area (Å²) in [6, 6.07) is 16.7. The van der Waals surface area contributed by atoms with E-state index in [1.807, 2.05) is 40.7 Å². The van der Waals surface area contributed by atoms with Crippen molar-refractivity contribution < 1.29 is 22.4 Å². The predicted octanol–water partition coefficient (Wildman–Crippen LogP) is 5.53. The van der Waals surface area contributed by atoms with Gasteiger partial charge in [-0.05, 0) is 86.2 Å². The van der Waals surface area contributed by atoms with Crippen LogP contribution in [0.2, 0.25) is 0 Å². The highest BCUT2D eigenvalue weighted by atomic mass is 32.2. The monoisotopic (exact) mass is 581 g/mol. The van der Waals surface area contributed by atoms with Crippen LogP contribution in [0, 0.1) is 32.5 Å². The molecule has 0 aliphatic carbocycles. The molecule has 220 valence electrons. The molecule has 0 aliphatic rings. The molecule has 3 aromatic carbocycles. The maximum absolute atomic E-state index is 14.1. The van der Waals surface area contributed by atoms with Crippen LogP contribution in [-0.4, -0.2) is 44.3 Å². The lowest BCUT2D eigenvalue weighted by atomic mass is 10.1. The van der Waals surface area contributed by atoms with Gasteiger partial charge in [0.1, 0.15) is 18.4 Å². The summed E-state index contributed by atoms with van der Waals surface area (Å²) in [6.45, 7) is 11.3. The van der Waals surface area contributed by atoms with Crippen LogP contribution in [0.4, 0.5) is 10.1 Å². The molecule has 1 atom stereocenters. The summed E-state index contributed by atoms with van der Waals surface area (Å²) in [5.74, 6) is -1.08. The number of nitrogens with one attached hydrogen (secondary N) is 1. The number of nitrogens with zero attached hydrogens (tertiary/aromatic N) is 2. The van der Waals surface area contributed by atoms with Crippen LogP contribution in [0.15, 0.2) is 71.6 Å². The third kappa shape index (κ3) is 8.39. The van der Waals surface area contributed by atoms with Crippen molar-refractivity contribution in [1.29, 1.82) is 0 Å². The minimum absolute atomic E-state index is 0.0119. The molecule has 0 heterocycles. The molecule has 0 spiro atoms. The molecule has 0 radical (unpaired) electrons. The Morgan fingerprint density at radius 2 is 1.46 bits per heavy atom. The first-order valence-electron chi connectivity index (χ1n) is 13.8. The van der Waals surface area contributed by atoms with Gasteiger partial charge in [0, 0.05) is 13.1 Å². The summed E-state index contributed by atoms with van der Waals surface area (Å²) in [4.78, 5) is 28.8. The molecule has 1 N–H and O–H groups in total. The standard InChI is InChI=1S/C32H40FN3O4S/c1-7-30(32(38)34-19-22(2)3)35(20-26-10-12-27(33)13-11-26)31(37)21-36(28-17-24(5)16-25(6)18-28)41(39,40)29-14-8-23(4)9-15-29/h8-18,22,30H,7,19-21H2,1-6H3,(H,34,38)/t30-/m0/s1. The van der Waals surface area contributed by atoms with Crippen molar-refractivity contribution in [2.45, 2.75) is 65.4 Å². The van der Waals surface area contributed by atoms with Crippen molar-refractivity contribution in [3.8, 4) is 0 Å². The summed E-state index contributed by atoms with van der Waals surface area (Å²) in [7, 11) is -4.15. The summed E-state index contributed by atoms with van der Waals surface area (Å²) in [5.41, 5.74) is 3.57. The molecule has 0 saturated carbocycles. The van der Waals surface area contributed by atoms with Crippen LogP contribution in [0.1, 0.15) is 49.4 Å². The molecule has 0 unspecified atom stereocenters. The van der Waals surface area contributed by atoms with Crippen molar-refractivity contribution in [2.75, 3.05) is 17.4 Å². The van der Waals surface area contributed by atoms with Gasteiger partial charge in [0.15, 0.2) is 0 Å². The van der Waals surface area contributed by atoms with Crippen LogP contribution in [0.25, 0.3) is 0 Å². The van der Waals surface area contributed by atoms with E-state index in [-0.39, 0.29) is 23.3 Å². The fraction of sp³-hybridized carbons (Fsp3) is 0.375. The number of carbonyl (C=O) groups is 2. The van der Waals surface area contributed by atoms with Crippen LogP contribution in [0.3, 0.4) is 0 Å². The lowest BCUT2D eigenvalue weighted by molar-refractivity contribution is -0.140. The number of aryl methyl sites for hydroxylation is 3. The van der Waals surface area contributed by atoms with Crippen LogP contribution >= 0.6 is 0 Å². The predicted molar refractivity (Wildman–Crippen MR) is 161 cm³/mol. The first-order valence-corrected chi connectivity index (χ1v) is 15.2. The maximum Gasteiger partial charge on any atom is 0.264 e. The van der Waals surface area contributed by atoms with E-state index in [1.54, 1.807) is 43.3 Å². The molecule has 0 aromatic heterocycles. The Kier molecular flexibility index (Phi) is 10.7. The van der Waals surface area contributed by atoms with Crippen LogP contribution in [-0.2, 0) is 26.2 Å². The van der Waals surface area contributed by atoms with E-state index < -0.39 is 34.3 Å². The number of rotatable bonds is 12. The smallest absolute Gasteiger partial charge is 0.264 e. The largest absolute Gasteiger partial charge is 0.354 e. The van der Waals surface area contributed by atoms with Gasteiger partial charge in [0.05, 0.1) is 10.6 Å². The van der Waals surface area contributed by atoms with Gasteiger partial charge in [-0.3, -0.25) is 13.9 Å². The van der Waals surface area contributed by atoms with Gasteiger partial charge in [0.2, 0.25) is 11.8 Å². The van der Waals surface area contributed by atoms with E-state index in [9.17, 15) is 22.4 Å². The zero-order chi connectivity index (χ0) is 30.3. The number of hydrogen-bond acceptors (Lipinski definition) is 4. The Morgan fingerprint density at radius 1 is 0.878 bits per heavy atom. The second kappa shape index (κ2) is 13.8. The molecule has 7 nitrogen and oxygen atoms in total. The molecular weight excluding hydrogens is 541 g/mol. The number of amides is 2. The topological polar surface area (TPSA) is 86.8 Å². The van der Waals surface area contributed by atoms with E-state index in [2.05, 4.69) is 5.32 Å². The second-order valence-electron chi connectivity index (χ2n) is 10.9. The Morgan fingerprint density at radius 3 is 2.00 bits per heavy atom. The normalized spacial score (nSPS) is 12.2.